The van der Waals surface area contributed by atoms with Gasteiger partial charge in [-0.25, -0.2) is 4.79 Å². The van der Waals surface area contributed by atoms with Crippen molar-refractivity contribution < 1.29 is 23.8 Å². The van der Waals surface area contributed by atoms with Crippen molar-refractivity contribution in [2.75, 3.05) is 7.11 Å². The lowest BCUT2D eigenvalue weighted by Crippen LogP contribution is -2.09. The number of carboxylic acids is 1. The second-order valence-corrected chi connectivity index (χ2v) is 6.33. The number of furan rings is 1. The van der Waals surface area contributed by atoms with Gasteiger partial charge in [0.25, 0.3) is 0 Å². The summed E-state index contributed by atoms with van der Waals surface area (Å²) >= 11 is 0. The number of benzene rings is 1. The van der Waals surface area contributed by atoms with E-state index in [4.69, 9.17) is 9.15 Å². The molecule has 6 heteroatoms. The molecule has 4 aromatic rings. The molecule has 0 aliphatic heterocycles. The van der Waals surface area contributed by atoms with Crippen LogP contribution in [0.3, 0.4) is 0 Å². The van der Waals surface area contributed by atoms with Crippen molar-refractivity contribution in [2.24, 2.45) is 0 Å². The quantitative estimate of drug-likeness (QED) is 0.521. The molecule has 0 aliphatic rings. The van der Waals surface area contributed by atoms with Crippen LogP contribution in [0, 0.1) is 6.92 Å². The minimum Gasteiger partial charge on any atom is -0.494 e. The van der Waals surface area contributed by atoms with E-state index >= 15 is 0 Å². The van der Waals surface area contributed by atoms with Gasteiger partial charge in [0, 0.05) is 22.9 Å². The van der Waals surface area contributed by atoms with Gasteiger partial charge >= 0.3 is 5.97 Å². The zero-order valence-corrected chi connectivity index (χ0v) is 15.3. The number of methoxy groups -OCH3 is 1. The molecule has 4 rings (SSSR count). The fourth-order valence-electron chi connectivity index (χ4n) is 3.49. The van der Waals surface area contributed by atoms with Crippen molar-refractivity contribution in [1.82, 2.24) is 4.40 Å². The molecular weight excluding hydrogens is 358 g/mol. The molecule has 1 aromatic carbocycles. The number of nitrogens with zero attached hydrogens (tertiary/aromatic N) is 1. The number of hydrogen-bond donors (Lipinski definition) is 1. The van der Waals surface area contributed by atoms with Crippen molar-refractivity contribution in [2.45, 2.75) is 6.92 Å². The van der Waals surface area contributed by atoms with Gasteiger partial charge in [-0.15, -0.1) is 0 Å². The summed E-state index contributed by atoms with van der Waals surface area (Å²) in [7, 11) is 1.56. The molecule has 0 aliphatic carbocycles. The Labute approximate surface area is 160 Å². The van der Waals surface area contributed by atoms with Gasteiger partial charge in [-0.2, -0.15) is 0 Å². The molecule has 0 bridgehead atoms. The molecule has 0 unspecified atom stereocenters. The molecule has 0 amide bonds. The molecule has 3 aromatic heterocycles. The molecule has 1 N–H and O–H groups in total. The second kappa shape index (κ2) is 6.74. The molecule has 6 nitrogen and oxygen atoms in total. The van der Waals surface area contributed by atoms with Crippen LogP contribution in [0.2, 0.25) is 0 Å². The first kappa shape index (κ1) is 17.6. The Hall–Kier alpha value is -3.80. The van der Waals surface area contributed by atoms with E-state index in [2.05, 4.69) is 0 Å². The third-order valence-corrected chi connectivity index (χ3v) is 4.75. The van der Waals surface area contributed by atoms with Gasteiger partial charge in [-0.3, -0.25) is 4.79 Å². The Bertz CT molecular complexity index is 1200. The highest BCUT2D eigenvalue weighted by Gasteiger charge is 2.24. The number of hydrogen-bond acceptors (Lipinski definition) is 4. The number of ether oxygens (including phenoxy) is 1. The number of rotatable bonds is 5. The summed E-state index contributed by atoms with van der Waals surface area (Å²) < 4.78 is 12.6. The average molecular weight is 375 g/mol. The van der Waals surface area contributed by atoms with E-state index in [1.165, 1.54) is 12.3 Å². The van der Waals surface area contributed by atoms with Crippen molar-refractivity contribution in [3.8, 4) is 17.1 Å². The van der Waals surface area contributed by atoms with E-state index in [0.717, 1.165) is 5.52 Å². The minimum absolute atomic E-state index is 0.00581. The van der Waals surface area contributed by atoms with Crippen LogP contribution in [-0.2, 0) is 0 Å². The molecule has 0 fully saturated rings. The topological polar surface area (TPSA) is 81.1 Å². The highest BCUT2D eigenvalue weighted by molar-refractivity contribution is 6.12. The molecule has 0 saturated carbocycles. The third-order valence-electron chi connectivity index (χ3n) is 4.75. The monoisotopic (exact) mass is 375 g/mol. The number of carboxylic acid groups (broad SMARTS) is 1. The lowest BCUT2D eigenvalue weighted by molar-refractivity contribution is 0.0697. The van der Waals surface area contributed by atoms with Crippen LogP contribution in [0.1, 0.15) is 32.0 Å². The third kappa shape index (κ3) is 2.66. The summed E-state index contributed by atoms with van der Waals surface area (Å²) in [4.78, 5) is 25.1. The lowest BCUT2D eigenvalue weighted by Gasteiger charge is -2.08. The van der Waals surface area contributed by atoms with E-state index in [1.807, 2.05) is 25.1 Å². The Morgan fingerprint density at radius 1 is 1.11 bits per heavy atom. The normalized spacial score (nSPS) is 10.9. The van der Waals surface area contributed by atoms with Crippen molar-refractivity contribution in [1.29, 1.82) is 0 Å². The maximum atomic E-state index is 13.3. The van der Waals surface area contributed by atoms with Crippen LogP contribution in [0.4, 0.5) is 0 Å². The van der Waals surface area contributed by atoms with Gasteiger partial charge in [-0.1, -0.05) is 12.1 Å². The average Bonchev–Trinajstić information content (AvgIpc) is 3.32. The standard InChI is InChI=1S/C22H17NO5/c1-13-19(23-10-4-3-6-17(23)21(13)27-2)20(24)14-8-9-15(16(12-14)22(25)26)18-7-5-11-28-18/h3-12H,1-2H3,(H,25,26). The first-order valence-electron chi connectivity index (χ1n) is 8.62. The summed E-state index contributed by atoms with van der Waals surface area (Å²) in [6.07, 6.45) is 3.26. The summed E-state index contributed by atoms with van der Waals surface area (Å²) in [5.74, 6) is -0.358. The first-order valence-corrected chi connectivity index (χ1v) is 8.62. The molecule has 140 valence electrons. The number of aromatic carboxylic acids is 1. The number of pyridine rings is 1. The number of carbonyl (C=O) groups is 2. The van der Waals surface area contributed by atoms with Gasteiger partial charge in [-0.05, 0) is 43.3 Å². The zero-order chi connectivity index (χ0) is 19.8. The molecular formula is C22H17NO5. The van der Waals surface area contributed by atoms with Crippen LogP contribution in [0.5, 0.6) is 5.75 Å². The summed E-state index contributed by atoms with van der Waals surface area (Å²) in [6, 6.07) is 13.5. The Kier molecular flexibility index (Phi) is 4.24. The Balaban J connectivity index is 1.88. The van der Waals surface area contributed by atoms with Crippen molar-refractivity contribution in [3.05, 3.63) is 83.4 Å². The first-order chi connectivity index (χ1) is 13.5. The molecule has 3 heterocycles. The number of fused-ring (bicyclic) bond motifs is 1. The van der Waals surface area contributed by atoms with Crippen molar-refractivity contribution in [3.63, 3.8) is 0 Å². The predicted molar refractivity (Wildman–Crippen MR) is 103 cm³/mol. The van der Waals surface area contributed by atoms with Crippen LogP contribution in [0.15, 0.2) is 65.4 Å². The highest BCUT2D eigenvalue weighted by atomic mass is 16.5. The fourth-order valence-corrected chi connectivity index (χ4v) is 3.49. The van der Waals surface area contributed by atoms with Gasteiger partial charge in [0.15, 0.2) is 0 Å². The number of ketones is 1. The summed E-state index contributed by atoms with van der Waals surface area (Å²) in [5.41, 5.74) is 2.62. The maximum Gasteiger partial charge on any atom is 0.336 e. The molecule has 0 saturated heterocycles. The summed E-state index contributed by atoms with van der Waals surface area (Å²) in [6.45, 7) is 1.81. The van der Waals surface area contributed by atoms with Crippen LogP contribution >= 0.6 is 0 Å². The van der Waals surface area contributed by atoms with Crippen LogP contribution < -0.4 is 4.74 Å². The SMILES string of the molecule is COc1c(C)c(C(=O)c2ccc(-c3ccco3)c(C(=O)O)c2)n2ccccc12. The summed E-state index contributed by atoms with van der Waals surface area (Å²) in [5, 5.41) is 9.63. The lowest BCUT2D eigenvalue weighted by atomic mass is 9.98. The number of carbonyl (C=O) groups excluding carboxylic acids is 1. The van der Waals surface area contributed by atoms with E-state index in [0.29, 0.717) is 28.3 Å². The Morgan fingerprint density at radius 2 is 1.93 bits per heavy atom. The fraction of sp³-hybridized carbons (Fsp3) is 0.0909. The molecule has 28 heavy (non-hydrogen) atoms. The highest BCUT2D eigenvalue weighted by Crippen LogP contribution is 2.32. The van der Waals surface area contributed by atoms with E-state index in [1.54, 1.807) is 42.0 Å². The van der Waals surface area contributed by atoms with E-state index in [9.17, 15) is 14.7 Å². The molecule has 0 radical (unpaired) electrons. The largest absolute Gasteiger partial charge is 0.494 e. The van der Waals surface area contributed by atoms with Gasteiger partial charge in [0.2, 0.25) is 5.78 Å². The molecule has 0 atom stereocenters. The second-order valence-electron chi connectivity index (χ2n) is 6.33. The van der Waals surface area contributed by atoms with E-state index < -0.39 is 5.97 Å². The Morgan fingerprint density at radius 3 is 2.61 bits per heavy atom. The maximum absolute atomic E-state index is 13.3. The zero-order valence-electron chi connectivity index (χ0n) is 15.3. The van der Waals surface area contributed by atoms with Crippen molar-refractivity contribution >= 4 is 17.3 Å². The predicted octanol–water partition coefficient (Wildman–Crippen LogP) is 4.45. The van der Waals surface area contributed by atoms with Crippen LogP contribution in [0.25, 0.3) is 16.8 Å². The van der Waals surface area contributed by atoms with E-state index in [-0.39, 0.29) is 16.9 Å². The molecule has 0 spiro atoms. The number of aromatic nitrogens is 1. The van der Waals surface area contributed by atoms with Gasteiger partial charge in [0.1, 0.15) is 17.2 Å². The van der Waals surface area contributed by atoms with Gasteiger partial charge < -0.3 is 18.7 Å². The smallest absolute Gasteiger partial charge is 0.336 e. The minimum atomic E-state index is -1.13. The van der Waals surface area contributed by atoms with Gasteiger partial charge in [0.05, 0.1) is 24.5 Å². The van der Waals surface area contributed by atoms with Crippen LogP contribution in [-0.4, -0.2) is 28.4 Å².